The van der Waals surface area contributed by atoms with Crippen molar-refractivity contribution in [1.82, 2.24) is 0 Å². The predicted molar refractivity (Wildman–Crippen MR) is 154 cm³/mol. The van der Waals surface area contributed by atoms with Gasteiger partial charge in [0.2, 0.25) is 0 Å². The first-order valence-electron chi connectivity index (χ1n) is 12.1. The number of benzene rings is 4. The summed E-state index contributed by atoms with van der Waals surface area (Å²) in [6.45, 7) is 7.20. The highest BCUT2D eigenvalue weighted by molar-refractivity contribution is 7.93. The first kappa shape index (κ1) is 27.9. The van der Waals surface area contributed by atoms with Crippen LogP contribution in [0, 0.1) is 27.7 Å². The molecule has 0 bridgehead atoms. The maximum absolute atomic E-state index is 13.1. The lowest BCUT2D eigenvalue weighted by Gasteiger charge is -2.13. The number of anilines is 3. The molecule has 0 fully saturated rings. The highest BCUT2D eigenvalue weighted by atomic mass is 32.2. The zero-order valence-electron chi connectivity index (χ0n) is 21.9. The summed E-state index contributed by atoms with van der Waals surface area (Å²) in [5.74, 6) is -0.536. The molecule has 0 heterocycles. The summed E-state index contributed by atoms with van der Waals surface area (Å²) in [6.07, 6.45) is 0. The third kappa shape index (κ3) is 6.65. The predicted octanol–water partition coefficient (Wildman–Crippen LogP) is 5.77. The number of nitrogens with one attached hydrogen (secondary N) is 3. The van der Waals surface area contributed by atoms with Crippen molar-refractivity contribution in [2.75, 3.05) is 14.8 Å². The molecular weight excluding hydrogens is 534 g/mol. The van der Waals surface area contributed by atoms with E-state index in [4.69, 9.17) is 0 Å². The van der Waals surface area contributed by atoms with Gasteiger partial charge in [-0.25, -0.2) is 16.8 Å². The topological polar surface area (TPSA) is 121 Å². The largest absolute Gasteiger partial charge is 0.322 e. The maximum Gasteiger partial charge on any atom is 0.262 e. The Morgan fingerprint density at radius 2 is 1.28 bits per heavy atom. The Labute approximate surface area is 229 Å². The van der Waals surface area contributed by atoms with Crippen molar-refractivity contribution >= 4 is 43.0 Å². The van der Waals surface area contributed by atoms with Gasteiger partial charge in [-0.2, -0.15) is 0 Å². The van der Waals surface area contributed by atoms with Crippen LogP contribution < -0.4 is 14.8 Å². The minimum Gasteiger partial charge on any atom is -0.322 e. The summed E-state index contributed by atoms with van der Waals surface area (Å²) in [6, 6.07) is 22.6. The molecule has 4 aromatic rings. The number of sulfonamides is 2. The van der Waals surface area contributed by atoms with Gasteiger partial charge >= 0.3 is 0 Å². The second-order valence-electron chi connectivity index (χ2n) is 9.36. The van der Waals surface area contributed by atoms with Crippen LogP contribution in [0.3, 0.4) is 0 Å². The van der Waals surface area contributed by atoms with Gasteiger partial charge in [0.1, 0.15) is 0 Å². The number of hydrogen-bond acceptors (Lipinski definition) is 5. The van der Waals surface area contributed by atoms with E-state index in [1.54, 1.807) is 37.3 Å². The van der Waals surface area contributed by atoms with Gasteiger partial charge in [0.15, 0.2) is 0 Å². The monoisotopic (exact) mass is 563 g/mol. The Balaban J connectivity index is 1.51. The molecule has 4 aromatic carbocycles. The highest BCUT2D eigenvalue weighted by Gasteiger charge is 2.20. The Morgan fingerprint density at radius 1 is 0.615 bits per heavy atom. The Bertz CT molecular complexity index is 1770. The van der Waals surface area contributed by atoms with Crippen LogP contribution in [0.1, 0.15) is 32.6 Å². The zero-order chi connectivity index (χ0) is 28.4. The van der Waals surface area contributed by atoms with E-state index in [-0.39, 0.29) is 15.4 Å². The van der Waals surface area contributed by atoms with Crippen LogP contribution in [0.25, 0.3) is 0 Å². The van der Waals surface area contributed by atoms with Crippen LogP contribution in [0.5, 0.6) is 0 Å². The molecule has 0 saturated carbocycles. The van der Waals surface area contributed by atoms with E-state index >= 15 is 0 Å². The van der Waals surface area contributed by atoms with Crippen LogP contribution >= 0.6 is 0 Å². The van der Waals surface area contributed by atoms with E-state index in [9.17, 15) is 21.6 Å². The van der Waals surface area contributed by atoms with Gasteiger partial charge in [0.05, 0.1) is 15.5 Å². The summed E-state index contributed by atoms with van der Waals surface area (Å²) >= 11 is 0. The lowest BCUT2D eigenvalue weighted by Crippen LogP contribution is -2.17. The summed E-state index contributed by atoms with van der Waals surface area (Å²) in [5.41, 5.74) is 4.52. The van der Waals surface area contributed by atoms with Gasteiger partial charge in [0, 0.05) is 16.9 Å². The Morgan fingerprint density at radius 3 is 1.97 bits per heavy atom. The van der Waals surface area contributed by atoms with Crippen molar-refractivity contribution in [3.8, 4) is 0 Å². The first-order valence-corrected chi connectivity index (χ1v) is 15.0. The summed E-state index contributed by atoms with van der Waals surface area (Å²) in [7, 11) is -7.79. The average Bonchev–Trinajstić information content (AvgIpc) is 2.86. The smallest absolute Gasteiger partial charge is 0.262 e. The van der Waals surface area contributed by atoms with Gasteiger partial charge < -0.3 is 5.32 Å². The van der Waals surface area contributed by atoms with Gasteiger partial charge in [0.25, 0.3) is 26.0 Å². The molecule has 0 radical (unpaired) electrons. The molecule has 0 aliphatic heterocycles. The number of carbonyl (C=O) groups is 1. The molecule has 0 aliphatic carbocycles. The van der Waals surface area contributed by atoms with Gasteiger partial charge in [-0.05, 0) is 105 Å². The molecular formula is C29H29N3O5S2. The van der Waals surface area contributed by atoms with Crippen molar-refractivity contribution in [3.05, 3.63) is 113 Å². The second-order valence-corrected chi connectivity index (χ2v) is 12.7. The quantitative estimate of drug-likeness (QED) is 0.251. The molecule has 202 valence electrons. The van der Waals surface area contributed by atoms with Gasteiger partial charge in [-0.15, -0.1) is 0 Å². The molecule has 4 rings (SSSR count). The molecule has 39 heavy (non-hydrogen) atoms. The number of rotatable bonds is 8. The van der Waals surface area contributed by atoms with E-state index in [1.165, 1.54) is 36.4 Å². The summed E-state index contributed by atoms with van der Waals surface area (Å²) in [4.78, 5) is 13.0. The fraction of sp³-hybridized carbons (Fsp3) is 0.138. The molecule has 3 N–H and O–H groups in total. The van der Waals surface area contributed by atoms with E-state index in [0.717, 1.165) is 16.7 Å². The van der Waals surface area contributed by atoms with Crippen molar-refractivity contribution in [2.24, 2.45) is 0 Å². The first-order chi connectivity index (χ1) is 18.3. The van der Waals surface area contributed by atoms with Crippen molar-refractivity contribution < 1.29 is 21.6 Å². The Kier molecular flexibility index (Phi) is 7.80. The van der Waals surface area contributed by atoms with Crippen molar-refractivity contribution in [2.45, 2.75) is 37.5 Å². The highest BCUT2D eigenvalue weighted by Crippen LogP contribution is 2.24. The van der Waals surface area contributed by atoms with Crippen LogP contribution in [-0.2, 0) is 20.0 Å². The van der Waals surface area contributed by atoms with Crippen LogP contribution in [-0.4, -0.2) is 22.7 Å². The summed E-state index contributed by atoms with van der Waals surface area (Å²) < 4.78 is 57.0. The molecule has 0 aliphatic rings. The van der Waals surface area contributed by atoms with Crippen LogP contribution in [0.4, 0.5) is 17.1 Å². The molecule has 0 spiro atoms. The molecule has 8 nitrogen and oxygen atoms in total. The Hall–Kier alpha value is -4.15. The van der Waals surface area contributed by atoms with E-state index in [1.807, 2.05) is 39.0 Å². The number of hydrogen-bond donors (Lipinski definition) is 3. The zero-order valence-corrected chi connectivity index (χ0v) is 23.6. The standard InChI is InChI=1S/C29H29N3O5S2/c1-19-6-5-7-25(16-19)31-39(36,37)28-18-23(11-10-22(28)4)29(33)30-24-12-14-26(15-13-24)38(34,35)32-27-17-20(2)8-9-21(27)3/h5-18,31-32H,1-4H3,(H,30,33). The third-order valence-electron chi connectivity index (χ3n) is 6.07. The molecule has 10 heteroatoms. The van der Waals surface area contributed by atoms with Crippen molar-refractivity contribution in [3.63, 3.8) is 0 Å². The number of amides is 1. The molecule has 0 aromatic heterocycles. The minimum absolute atomic E-state index is 0.0180. The molecule has 0 saturated heterocycles. The lowest BCUT2D eigenvalue weighted by atomic mass is 10.1. The fourth-order valence-electron chi connectivity index (χ4n) is 3.92. The van der Waals surface area contributed by atoms with E-state index in [0.29, 0.717) is 22.6 Å². The maximum atomic E-state index is 13.1. The average molecular weight is 564 g/mol. The fourth-order valence-corrected chi connectivity index (χ4v) is 6.36. The van der Waals surface area contributed by atoms with Gasteiger partial charge in [-0.3, -0.25) is 14.2 Å². The SMILES string of the molecule is Cc1cccc(NS(=O)(=O)c2cc(C(=O)Nc3ccc(S(=O)(=O)Nc4cc(C)ccc4C)cc3)ccc2C)c1. The summed E-state index contributed by atoms with van der Waals surface area (Å²) in [5, 5.41) is 2.69. The normalized spacial score (nSPS) is 11.6. The van der Waals surface area contributed by atoms with E-state index < -0.39 is 26.0 Å². The van der Waals surface area contributed by atoms with Crippen molar-refractivity contribution in [1.29, 1.82) is 0 Å². The second kappa shape index (κ2) is 10.9. The van der Waals surface area contributed by atoms with Crippen LogP contribution in [0.15, 0.2) is 94.7 Å². The number of carbonyl (C=O) groups excluding carboxylic acids is 1. The third-order valence-corrected chi connectivity index (χ3v) is 8.97. The molecule has 1 amide bonds. The van der Waals surface area contributed by atoms with E-state index in [2.05, 4.69) is 14.8 Å². The number of aryl methyl sites for hydroxylation is 4. The molecule has 0 atom stereocenters. The lowest BCUT2D eigenvalue weighted by molar-refractivity contribution is 0.102. The minimum atomic E-state index is -3.95. The van der Waals surface area contributed by atoms with Crippen LogP contribution in [0.2, 0.25) is 0 Å². The molecule has 0 unspecified atom stereocenters. The van der Waals surface area contributed by atoms with Gasteiger partial charge in [-0.1, -0.05) is 30.3 Å².